The maximum atomic E-state index is 2.51. The molecule has 0 spiro atoms. The first-order valence-electron chi connectivity index (χ1n) is 36.0. The minimum absolute atomic E-state index is 0.0242. The smallest absolute Gasteiger partial charge is 0.0468 e. The van der Waals surface area contributed by atoms with Crippen LogP contribution in [-0.4, -0.2) is 0 Å². The van der Waals surface area contributed by atoms with Crippen LogP contribution >= 0.6 is 0 Å². The van der Waals surface area contributed by atoms with E-state index in [4.69, 9.17) is 0 Å². The van der Waals surface area contributed by atoms with Crippen molar-refractivity contribution in [3.63, 3.8) is 0 Å². The third-order valence-corrected chi connectivity index (χ3v) is 22.7. The molecular formula is C100H76N2. The van der Waals surface area contributed by atoms with Crippen LogP contribution in [0.2, 0.25) is 0 Å². The molecule has 486 valence electrons. The van der Waals surface area contributed by atoms with Crippen molar-refractivity contribution >= 4 is 98.8 Å². The lowest BCUT2D eigenvalue weighted by molar-refractivity contribution is 0.590. The van der Waals surface area contributed by atoms with Crippen LogP contribution in [0.5, 0.6) is 0 Å². The van der Waals surface area contributed by atoms with Crippen LogP contribution in [0.25, 0.3) is 131 Å². The van der Waals surface area contributed by atoms with Crippen LogP contribution in [0, 0.1) is 0 Å². The van der Waals surface area contributed by atoms with Gasteiger partial charge in [-0.2, -0.15) is 0 Å². The van der Waals surface area contributed by atoms with E-state index >= 15 is 0 Å². The molecule has 0 atom stereocenters. The van der Waals surface area contributed by atoms with Crippen LogP contribution < -0.4 is 9.80 Å². The van der Waals surface area contributed by atoms with Crippen molar-refractivity contribution in [2.45, 2.75) is 64.7 Å². The van der Waals surface area contributed by atoms with Gasteiger partial charge >= 0.3 is 0 Å². The average molecular weight is 1310 g/mol. The fourth-order valence-corrected chi connectivity index (χ4v) is 17.2. The van der Waals surface area contributed by atoms with Gasteiger partial charge in [-0.1, -0.05) is 273 Å². The molecule has 0 bridgehead atoms. The van der Waals surface area contributed by atoms with Crippen LogP contribution in [0.3, 0.4) is 0 Å². The Hall–Kier alpha value is -12.1. The van der Waals surface area contributed by atoms with Crippen molar-refractivity contribution in [3.8, 4) is 66.8 Å². The molecule has 0 N–H and O–H groups in total. The quantitative estimate of drug-likeness (QED) is 0.126. The molecule has 17 aromatic rings. The highest BCUT2D eigenvalue weighted by Crippen LogP contribution is 2.56. The number of hydrogen-bond donors (Lipinski definition) is 0. The lowest BCUT2D eigenvalue weighted by atomic mass is 9.81. The highest BCUT2D eigenvalue weighted by molar-refractivity contribution is 6.23. The molecule has 17 aromatic carbocycles. The molecule has 2 aliphatic carbocycles. The van der Waals surface area contributed by atoms with Gasteiger partial charge in [-0.3, -0.25) is 0 Å². The summed E-state index contributed by atoms with van der Waals surface area (Å²) < 4.78 is 0. The Morgan fingerprint density at radius 3 is 0.892 bits per heavy atom. The number of rotatable bonds is 10. The van der Waals surface area contributed by atoms with Gasteiger partial charge in [0.05, 0.1) is 0 Å². The van der Waals surface area contributed by atoms with Gasteiger partial charge in [-0.15, -0.1) is 0 Å². The molecule has 0 fully saturated rings. The first kappa shape index (κ1) is 61.0. The van der Waals surface area contributed by atoms with Crippen molar-refractivity contribution in [3.05, 3.63) is 361 Å². The number of nitrogens with zero attached hydrogens (tertiary/aromatic N) is 2. The molecule has 0 amide bonds. The van der Waals surface area contributed by atoms with Crippen LogP contribution in [0.15, 0.2) is 334 Å². The van der Waals surface area contributed by atoms with Crippen molar-refractivity contribution in [1.29, 1.82) is 0 Å². The zero-order valence-electron chi connectivity index (χ0n) is 58.6. The van der Waals surface area contributed by atoms with E-state index in [0.717, 1.165) is 34.1 Å². The second-order valence-corrected chi connectivity index (χ2v) is 30.5. The van der Waals surface area contributed by atoms with E-state index in [-0.39, 0.29) is 16.2 Å². The van der Waals surface area contributed by atoms with E-state index < -0.39 is 0 Å². The molecule has 2 aliphatic rings. The third kappa shape index (κ3) is 9.98. The zero-order chi connectivity index (χ0) is 68.8. The van der Waals surface area contributed by atoms with Crippen LogP contribution in [0.4, 0.5) is 34.1 Å². The Balaban J connectivity index is 0.808. The summed E-state index contributed by atoms with van der Waals surface area (Å²) in [6.07, 6.45) is 0. The molecule has 102 heavy (non-hydrogen) atoms. The maximum Gasteiger partial charge on any atom is 0.0468 e. The summed E-state index contributed by atoms with van der Waals surface area (Å²) in [5.74, 6) is 0. The summed E-state index contributed by atoms with van der Waals surface area (Å²) in [6.45, 7) is 16.6. The first-order chi connectivity index (χ1) is 49.7. The predicted molar refractivity (Wildman–Crippen MR) is 436 cm³/mol. The van der Waals surface area contributed by atoms with Gasteiger partial charge < -0.3 is 9.80 Å². The Labute approximate surface area is 597 Å². The van der Waals surface area contributed by atoms with Crippen LogP contribution in [0.1, 0.15) is 76.3 Å². The Kier molecular flexibility index (Phi) is 13.9. The summed E-state index contributed by atoms with van der Waals surface area (Å²) in [5, 5.41) is 14.6. The van der Waals surface area contributed by atoms with Crippen molar-refractivity contribution in [2.24, 2.45) is 0 Å². The summed E-state index contributed by atoms with van der Waals surface area (Å²) >= 11 is 0. The predicted octanol–water partition coefficient (Wildman–Crippen LogP) is 28.1. The van der Waals surface area contributed by atoms with Gasteiger partial charge in [0.1, 0.15) is 0 Å². The maximum absolute atomic E-state index is 2.51. The van der Waals surface area contributed by atoms with Crippen LogP contribution in [-0.2, 0) is 16.2 Å². The fraction of sp³-hybridized carbons (Fsp3) is 0.100. The van der Waals surface area contributed by atoms with E-state index in [1.54, 1.807) is 0 Å². The lowest BCUT2D eigenvalue weighted by Gasteiger charge is -2.30. The number of benzene rings is 17. The number of hydrogen-bond acceptors (Lipinski definition) is 2. The molecule has 0 unspecified atom stereocenters. The minimum Gasteiger partial charge on any atom is -0.310 e. The SMILES string of the molecule is CC(C)(C)c1ccc(N(c2ccc3c(c2)C(C)(C)c2cc(-c4ccc5ccccc5c4)ccc2-3)c2ccc3c(-c4ccc5ccccc5c4)c4cc(N(c5ccccc5)c5ccc6c(c5)C(C)(C)c5cc(-c7ccc8ccccc8c7)ccc5-6)ccc4c(-c4ccc5ccccc5c4)c3c2)cc1. The van der Waals surface area contributed by atoms with E-state index in [1.165, 1.54) is 159 Å². The topological polar surface area (TPSA) is 6.48 Å². The molecule has 0 aromatic heterocycles. The van der Waals surface area contributed by atoms with E-state index in [1.807, 2.05) is 0 Å². The average Bonchev–Trinajstić information content (AvgIpc) is 0.879. The van der Waals surface area contributed by atoms with Gasteiger partial charge in [0.25, 0.3) is 0 Å². The largest absolute Gasteiger partial charge is 0.310 e. The minimum atomic E-state index is -0.280. The summed E-state index contributed by atoms with van der Waals surface area (Å²) in [4.78, 5) is 4.99. The fourth-order valence-electron chi connectivity index (χ4n) is 17.2. The van der Waals surface area contributed by atoms with Crippen molar-refractivity contribution < 1.29 is 0 Å². The second kappa shape index (κ2) is 23.2. The normalized spacial score (nSPS) is 13.4. The molecule has 0 radical (unpaired) electrons. The molecular weight excluding hydrogens is 1230 g/mol. The zero-order valence-corrected chi connectivity index (χ0v) is 58.6. The number of anilines is 6. The Bertz CT molecular complexity index is 6300. The van der Waals surface area contributed by atoms with Gasteiger partial charge in [0.15, 0.2) is 0 Å². The molecule has 19 rings (SSSR count). The van der Waals surface area contributed by atoms with Gasteiger partial charge in [0.2, 0.25) is 0 Å². The first-order valence-corrected chi connectivity index (χ1v) is 36.0. The van der Waals surface area contributed by atoms with Gasteiger partial charge in [-0.25, -0.2) is 0 Å². The lowest BCUT2D eigenvalue weighted by Crippen LogP contribution is -2.17. The summed E-state index contributed by atoms with van der Waals surface area (Å²) in [7, 11) is 0. The van der Waals surface area contributed by atoms with Gasteiger partial charge in [0, 0.05) is 45.0 Å². The van der Waals surface area contributed by atoms with Crippen molar-refractivity contribution in [2.75, 3.05) is 9.80 Å². The number of para-hydroxylation sites is 1. The molecule has 0 aliphatic heterocycles. The molecule has 2 nitrogen and oxygen atoms in total. The Morgan fingerprint density at radius 1 is 0.216 bits per heavy atom. The molecule has 0 heterocycles. The van der Waals surface area contributed by atoms with Gasteiger partial charge in [-0.05, 0) is 274 Å². The molecule has 0 saturated carbocycles. The standard InChI is InChI=1S/C100H76N2/c1-98(2,3)77-39-41-79(42-40-77)102(83-44-50-87-85-48-38-74(58-93(85)100(6,7)95(87)62-83)72-34-30-64-20-12-16-24-68(64)54-72)81-46-52-89-91(60-81)97(76-36-32-66-22-14-18-26-70(66)56-76)88-51-45-80(59-90(88)96(89)75-35-31-65-21-13-17-25-69(65)55-75)101(78-27-9-8-10-28-78)82-43-49-86-84-47-37-73(57-92(84)99(4,5)94(86)61-82)71-33-29-63-19-11-15-23-67(63)53-71/h8-62H,1-7H3. The highest BCUT2D eigenvalue weighted by atomic mass is 15.1. The summed E-state index contributed by atoms with van der Waals surface area (Å²) in [5.41, 5.74) is 27.5. The number of fused-ring (bicyclic) bond motifs is 12. The third-order valence-electron chi connectivity index (χ3n) is 22.7. The molecule has 2 heteroatoms. The molecule has 0 saturated heterocycles. The monoisotopic (exact) mass is 1300 g/mol. The van der Waals surface area contributed by atoms with Crippen molar-refractivity contribution in [1.82, 2.24) is 0 Å². The van der Waals surface area contributed by atoms with E-state index in [9.17, 15) is 0 Å². The van der Waals surface area contributed by atoms with E-state index in [0.29, 0.717) is 0 Å². The van der Waals surface area contributed by atoms with E-state index in [2.05, 4.69) is 392 Å². The Morgan fingerprint density at radius 2 is 0.500 bits per heavy atom. The summed E-state index contributed by atoms with van der Waals surface area (Å²) in [6, 6.07) is 126. The highest BCUT2D eigenvalue weighted by Gasteiger charge is 2.39. The second-order valence-electron chi connectivity index (χ2n) is 30.5.